The maximum atomic E-state index is 10.9. The number of benzene rings is 1. The molecule has 0 heterocycles. The molecule has 1 saturated carbocycles. The van der Waals surface area contributed by atoms with Crippen LogP contribution in [-0.2, 0) is 4.74 Å². The molecular weight excluding hydrogens is 264 g/mol. The highest BCUT2D eigenvalue weighted by atomic mass is 16.5. The van der Waals surface area contributed by atoms with E-state index >= 15 is 0 Å². The van der Waals surface area contributed by atoms with E-state index in [2.05, 4.69) is 13.8 Å². The topological polar surface area (TPSA) is 38.7 Å². The van der Waals surface area contributed by atoms with Crippen LogP contribution in [0.4, 0.5) is 0 Å². The Balaban J connectivity index is 2.26. The quantitative estimate of drug-likeness (QED) is 0.911. The van der Waals surface area contributed by atoms with Crippen LogP contribution in [0, 0.1) is 12.3 Å². The molecule has 1 aliphatic rings. The van der Waals surface area contributed by atoms with Gasteiger partial charge in [-0.25, -0.2) is 0 Å². The summed E-state index contributed by atoms with van der Waals surface area (Å²) in [5.41, 5.74) is 1.87. The normalized spacial score (nSPS) is 21.8. The summed E-state index contributed by atoms with van der Waals surface area (Å²) in [5, 5.41) is 10.9. The first-order valence-corrected chi connectivity index (χ1v) is 7.71. The molecule has 118 valence electrons. The monoisotopic (exact) mass is 292 g/mol. The number of aliphatic hydroxyl groups excluding tert-OH is 1. The number of aliphatic hydroxyl groups is 1. The van der Waals surface area contributed by atoms with Crippen molar-refractivity contribution in [3.8, 4) is 5.75 Å². The van der Waals surface area contributed by atoms with Gasteiger partial charge in [-0.3, -0.25) is 0 Å². The number of ether oxygens (including phenoxy) is 2. The van der Waals surface area contributed by atoms with Crippen molar-refractivity contribution in [1.29, 1.82) is 0 Å². The minimum absolute atomic E-state index is 0.344. The molecule has 1 aliphatic carbocycles. The lowest BCUT2D eigenvalue weighted by atomic mass is 9.68. The third kappa shape index (κ3) is 3.24. The zero-order valence-corrected chi connectivity index (χ0v) is 13.9. The van der Waals surface area contributed by atoms with E-state index in [1.54, 1.807) is 14.2 Å². The fourth-order valence-corrected chi connectivity index (χ4v) is 3.30. The predicted molar refractivity (Wildman–Crippen MR) is 84.7 cm³/mol. The number of rotatable bonds is 4. The Labute approximate surface area is 128 Å². The highest BCUT2D eigenvalue weighted by molar-refractivity contribution is 5.37. The summed E-state index contributed by atoms with van der Waals surface area (Å²) < 4.78 is 11.1. The standard InChI is InChI=1S/C18H28O3/c1-13-12-14(20-4)6-7-15(13)16(19)18(21-5)10-8-17(2,3)9-11-18/h6-7,12,16,19H,8-11H2,1-5H3. The number of hydrogen-bond acceptors (Lipinski definition) is 3. The Bertz CT molecular complexity index is 483. The van der Waals surface area contributed by atoms with Crippen LogP contribution in [0.3, 0.4) is 0 Å². The summed E-state index contributed by atoms with van der Waals surface area (Å²) in [6.07, 6.45) is 3.34. The second-order valence-electron chi connectivity index (χ2n) is 7.06. The molecule has 1 atom stereocenters. The lowest BCUT2D eigenvalue weighted by Crippen LogP contribution is -2.44. The fourth-order valence-electron chi connectivity index (χ4n) is 3.30. The molecule has 0 spiro atoms. The van der Waals surface area contributed by atoms with Crippen LogP contribution in [0.5, 0.6) is 5.75 Å². The molecule has 1 N–H and O–H groups in total. The molecule has 0 radical (unpaired) electrons. The summed E-state index contributed by atoms with van der Waals surface area (Å²) >= 11 is 0. The van der Waals surface area contributed by atoms with E-state index in [9.17, 15) is 5.11 Å². The number of methoxy groups -OCH3 is 2. The molecule has 1 fully saturated rings. The summed E-state index contributed by atoms with van der Waals surface area (Å²) in [4.78, 5) is 0. The maximum absolute atomic E-state index is 10.9. The van der Waals surface area contributed by atoms with Crippen LogP contribution >= 0.6 is 0 Å². The zero-order valence-electron chi connectivity index (χ0n) is 13.9. The predicted octanol–water partition coefficient (Wildman–Crippen LogP) is 4.02. The van der Waals surface area contributed by atoms with Gasteiger partial charge >= 0.3 is 0 Å². The Kier molecular flexibility index (Phi) is 4.64. The van der Waals surface area contributed by atoms with Gasteiger partial charge in [0.05, 0.1) is 12.7 Å². The zero-order chi connectivity index (χ0) is 15.7. The summed E-state index contributed by atoms with van der Waals surface area (Å²) in [7, 11) is 3.38. The third-order valence-electron chi connectivity index (χ3n) is 5.13. The van der Waals surface area contributed by atoms with Crippen molar-refractivity contribution in [2.75, 3.05) is 14.2 Å². The van der Waals surface area contributed by atoms with Crippen molar-refractivity contribution in [3.63, 3.8) is 0 Å². The van der Waals surface area contributed by atoms with Gasteiger partial charge in [0.2, 0.25) is 0 Å². The van der Waals surface area contributed by atoms with E-state index in [0.717, 1.165) is 42.6 Å². The first-order chi connectivity index (χ1) is 9.83. The van der Waals surface area contributed by atoms with Gasteiger partial charge in [0.1, 0.15) is 11.9 Å². The molecular formula is C18H28O3. The first-order valence-electron chi connectivity index (χ1n) is 7.71. The highest BCUT2D eigenvalue weighted by Crippen LogP contribution is 2.47. The highest BCUT2D eigenvalue weighted by Gasteiger charge is 2.44. The SMILES string of the molecule is COc1ccc(C(O)C2(OC)CCC(C)(C)CC2)c(C)c1. The Morgan fingerprint density at radius 1 is 1.10 bits per heavy atom. The van der Waals surface area contributed by atoms with Gasteiger partial charge in [0, 0.05) is 7.11 Å². The fraction of sp³-hybridized carbons (Fsp3) is 0.667. The van der Waals surface area contributed by atoms with Crippen molar-refractivity contribution >= 4 is 0 Å². The molecule has 1 aromatic rings. The van der Waals surface area contributed by atoms with Crippen molar-refractivity contribution in [1.82, 2.24) is 0 Å². The largest absolute Gasteiger partial charge is 0.497 e. The van der Waals surface area contributed by atoms with Crippen LogP contribution in [0.25, 0.3) is 0 Å². The Hall–Kier alpha value is -1.06. The average molecular weight is 292 g/mol. The first kappa shape index (κ1) is 16.3. The van der Waals surface area contributed by atoms with Crippen LogP contribution < -0.4 is 4.74 Å². The van der Waals surface area contributed by atoms with E-state index in [0.29, 0.717) is 5.41 Å². The molecule has 0 aromatic heterocycles. The second-order valence-corrected chi connectivity index (χ2v) is 7.06. The van der Waals surface area contributed by atoms with Crippen LogP contribution in [0.2, 0.25) is 0 Å². The van der Waals surface area contributed by atoms with Crippen molar-refractivity contribution in [2.24, 2.45) is 5.41 Å². The van der Waals surface area contributed by atoms with Crippen LogP contribution in [0.15, 0.2) is 18.2 Å². The molecule has 0 saturated heterocycles. The Morgan fingerprint density at radius 2 is 1.71 bits per heavy atom. The minimum Gasteiger partial charge on any atom is -0.497 e. The molecule has 21 heavy (non-hydrogen) atoms. The van der Waals surface area contributed by atoms with E-state index in [1.165, 1.54) is 0 Å². The molecule has 0 bridgehead atoms. The van der Waals surface area contributed by atoms with Gasteiger partial charge in [-0.1, -0.05) is 19.9 Å². The molecule has 2 rings (SSSR count). The third-order valence-corrected chi connectivity index (χ3v) is 5.13. The van der Waals surface area contributed by atoms with E-state index in [-0.39, 0.29) is 0 Å². The van der Waals surface area contributed by atoms with Crippen LogP contribution in [-0.4, -0.2) is 24.9 Å². The van der Waals surface area contributed by atoms with Crippen LogP contribution in [0.1, 0.15) is 56.8 Å². The van der Waals surface area contributed by atoms with Gasteiger partial charge in [0.25, 0.3) is 0 Å². The van der Waals surface area contributed by atoms with Gasteiger partial charge in [-0.2, -0.15) is 0 Å². The smallest absolute Gasteiger partial charge is 0.119 e. The van der Waals surface area contributed by atoms with E-state index in [1.807, 2.05) is 25.1 Å². The van der Waals surface area contributed by atoms with Crippen molar-refractivity contribution in [2.45, 2.75) is 58.2 Å². The average Bonchev–Trinajstić information content (AvgIpc) is 2.47. The van der Waals surface area contributed by atoms with E-state index < -0.39 is 11.7 Å². The second kappa shape index (κ2) is 5.98. The molecule has 1 aromatic carbocycles. The summed E-state index contributed by atoms with van der Waals surface area (Å²) in [6, 6.07) is 5.83. The lowest BCUT2D eigenvalue weighted by molar-refractivity contribution is -0.138. The minimum atomic E-state index is -0.593. The van der Waals surface area contributed by atoms with Gasteiger partial charge in [-0.05, 0) is 61.3 Å². The van der Waals surface area contributed by atoms with Crippen molar-refractivity contribution < 1.29 is 14.6 Å². The molecule has 0 amide bonds. The molecule has 1 unspecified atom stereocenters. The summed E-state index contributed by atoms with van der Waals surface area (Å²) in [6.45, 7) is 6.59. The molecule has 0 aliphatic heterocycles. The van der Waals surface area contributed by atoms with Gasteiger partial charge in [0.15, 0.2) is 0 Å². The Morgan fingerprint density at radius 3 is 2.19 bits per heavy atom. The number of hydrogen-bond donors (Lipinski definition) is 1. The maximum Gasteiger partial charge on any atom is 0.119 e. The van der Waals surface area contributed by atoms with E-state index in [4.69, 9.17) is 9.47 Å². The molecule has 3 heteroatoms. The number of aryl methyl sites for hydroxylation is 1. The van der Waals surface area contributed by atoms with Gasteiger partial charge in [-0.15, -0.1) is 0 Å². The summed E-state index contributed by atoms with van der Waals surface area (Å²) in [5.74, 6) is 0.819. The molecule has 3 nitrogen and oxygen atoms in total. The van der Waals surface area contributed by atoms with Crippen molar-refractivity contribution in [3.05, 3.63) is 29.3 Å². The lowest BCUT2D eigenvalue weighted by Gasteiger charge is -2.45. The van der Waals surface area contributed by atoms with Gasteiger partial charge < -0.3 is 14.6 Å².